The van der Waals surface area contributed by atoms with E-state index >= 15 is 0 Å². The number of aliphatic hydroxyl groups excluding tert-OH is 1. The highest BCUT2D eigenvalue weighted by atomic mass is 35.5. The molecule has 8 rings (SSSR count). The minimum absolute atomic E-state index is 0.0247. The number of benzene rings is 4. The molecule has 1 aromatic heterocycles. The van der Waals surface area contributed by atoms with Crippen LogP contribution in [0, 0.1) is 12.0 Å². The number of nitrogens with one attached hydrogen (secondary N) is 2. The SMILES string of the molecule is [C-]#[N+]c1ccc(N2C(=O)C3(CCC3)N(c3ccc(-c4ccc(OCCCCOCC(=O)N[C@H](C(=O)N5C[C@H](O)C[C@H]5C(=O)NCc5ccc(-c6cnco6)cc5)C(C)(C)C)cc4)cc3)C2=S)cc1Cl. The zero-order chi connectivity index (χ0) is 48.9. The molecule has 2 aliphatic heterocycles. The number of aliphatic hydroxyl groups is 1. The number of nitrogens with zero attached hydrogens (tertiary/aromatic N) is 5. The molecule has 69 heavy (non-hydrogen) atoms. The number of unbranched alkanes of at least 4 members (excludes halogenated alkanes) is 1. The first-order valence-corrected chi connectivity index (χ1v) is 23.8. The Kier molecular flexibility index (Phi) is 14.8. The normalized spacial score (nSPS) is 17.9. The van der Waals surface area contributed by atoms with Gasteiger partial charge in [-0.15, -0.1) is 0 Å². The molecule has 3 heterocycles. The highest BCUT2D eigenvalue weighted by Crippen LogP contribution is 2.48. The van der Waals surface area contributed by atoms with Crippen LogP contribution in [0.2, 0.25) is 5.02 Å². The number of anilines is 2. The lowest BCUT2D eigenvalue weighted by Crippen LogP contribution is -2.58. The predicted octanol–water partition coefficient (Wildman–Crippen LogP) is 8.26. The van der Waals surface area contributed by atoms with Crippen LogP contribution in [0.1, 0.15) is 64.9 Å². The maximum absolute atomic E-state index is 14.0. The van der Waals surface area contributed by atoms with E-state index in [1.807, 2.05) is 98.5 Å². The Labute approximate surface area is 411 Å². The zero-order valence-electron chi connectivity index (χ0n) is 38.7. The molecule has 3 fully saturated rings. The van der Waals surface area contributed by atoms with Crippen LogP contribution < -0.4 is 25.2 Å². The number of oxazole rings is 1. The second kappa shape index (κ2) is 20.9. The fourth-order valence-electron chi connectivity index (χ4n) is 8.92. The van der Waals surface area contributed by atoms with Gasteiger partial charge in [0.15, 0.2) is 17.3 Å². The van der Waals surface area contributed by atoms with Crippen molar-refractivity contribution in [1.29, 1.82) is 0 Å². The molecule has 17 heteroatoms. The van der Waals surface area contributed by atoms with Crippen molar-refractivity contribution < 1.29 is 38.2 Å². The quantitative estimate of drug-likeness (QED) is 0.0466. The van der Waals surface area contributed by atoms with Crippen molar-refractivity contribution in [2.75, 3.05) is 36.2 Å². The van der Waals surface area contributed by atoms with Crippen molar-refractivity contribution in [2.24, 2.45) is 5.41 Å². The number of amides is 4. The van der Waals surface area contributed by atoms with Gasteiger partial charge in [-0.1, -0.05) is 87.0 Å². The van der Waals surface area contributed by atoms with Crippen molar-refractivity contribution in [3.8, 4) is 28.2 Å². The number of halogens is 1. The van der Waals surface area contributed by atoms with Crippen LogP contribution in [0.3, 0.4) is 0 Å². The molecule has 1 spiro atoms. The summed E-state index contributed by atoms with van der Waals surface area (Å²) < 4.78 is 17.0. The molecule has 0 bridgehead atoms. The third-order valence-corrected chi connectivity index (χ3v) is 13.5. The van der Waals surface area contributed by atoms with Gasteiger partial charge in [-0.2, -0.15) is 0 Å². The molecular weight excluding hydrogens is 918 g/mol. The summed E-state index contributed by atoms with van der Waals surface area (Å²) in [7, 11) is 0. The summed E-state index contributed by atoms with van der Waals surface area (Å²) in [6.07, 6.45) is 5.80. The Bertz CT molecular complexity index is 2720. The molecule has 1 aliphatic carbocycles. The average Bonchev–Trinajstić information content (AvgIpc) is 4.06. The smallest absolute Gasteiger partial charge is 0.259 e. The first-order valence-electron chi connectivity index (χ1n) is 23.0. The van der Waals surface area contributed by atoms with E-state index in [0.717, 1.165) is 34.4 Å². The molecule has 0 radical (unpaired) electrons. The molecule has 3 aliphatic rings. The van der Waals surface area contributed by atoms with Gasteiger partial charge in [-0.3, -0.25) is 24.1 Å². The van der Waals surface area contributed by atoms with E-state index < -0.39 is 41.0 Å². The van der Waals surface area contributed by atoms with Crippen molar-refractivity contribution in [3.63, 3.8) is 0 Å². The van der Waals surface area contributed by atoms with E-state index in [2.05, 4.69) is 20.5 Å². The Balaban J connectivity index is 0.763. The molecule has 15 nitrogen and oxygen atoms in total. The number of thiocarbonyl (C=S) groups is 1. The highest BCUT2D eigenvalue weighted by molar-refractivity contribution is 7.81. The number of hydrogen-bond acceptors (Lipinski definition) is 10. The van der Waals surface area contributed by atoms with E-state index in [9.17, 15) is 24.3 Å². The number of carbonyl (C=O) groups excluding carboxylic acids is 4. The molecule has 358 valence electrons. The molecule has 3 atom stereocenters. The van der Waals surface area contributed by atoms with E-state index in [0.29, 0.717) is 66.9 Å². The molecule has 5 aromatic rings. The highest BCUT2D eigenvalue weighted by Gasteiger charge is 2.59. The summed E-state index contributed by atoms with van der Waals surface area (Å²) in [6, 6.07) is 26.3. The molecule has 3 N–H and O–H groups in total. The summed E-state index contributed by atoms with van der Waals surface area (Å²) >= 11 is 12.3. The number of β-amino-alcohol motifs (C(OH)–C–C–N with tert-alkyl or cyclic N) is 1. The van der Waals surface area contributed by atoms with Gasteiger partial charge < -0.3 is 39.4 Å². The second-order valence-electron chi connectivity index (χ2n) is 18.6. The van der Waals surface area contributed by atoms with Crippen molar-refractivity contribution in [1.82, 2.24) is 20.5 Å². The largest absolute Gasteiger partial charge is 0.494 e. The van der Waals surface area contributed by atoms with Gasteiger partial charge in [0.05, 0.1) is 31.2 Å². The predicted molar refractivity (Wildman–Crippen MR) is 266 cm³/mol. The minimum Gasteiger partial charge on any atom is -0.494 e. The van der Waals surface area contributed by atoms with E-state index in [1.165, 1.54) is 16.2 Å². The standard InChI is InChI=1S/C52H54ClN7O8S/c1-51(2,3)46(48(64)58-30-39(61)27-43(58)47(63)56-28-33-8-10-36(11-9-33)44-29-55-32-68-44)57-45(62)31-66-24-5-6-25-67-40-19-14-35(15-20-40)34-12-16-37(17-13-34)60-50(69)59(49(65)52(60)22-7-23-52)38-18-21-42(54-4)41(53)26-38/h8-21,26,29,32,39,43,46,61H,5-7,22-25,27-28,30-31H2,1-3H3,(H,56,63)(H,57,62)/t39-,43+,46-/m1/s1. The van der Waals surface area contributed by atoms with Gasteiger partial charge in [-0.25, -0.2) is 9.83 Å². The summed E-state index contributed by atoms with van der Waals surface area (Å²) in [4.78, 5) is 66.6. The van der Waals surface area contributed by atoms with Gasteiger partial charge in [0, 0.05) is 42.4 Å². The van der Waals surface area contributed by atoms with Crippen LogP contribution in [-0.2, 0) is 30.5 Å². The number of aromatic nitrogens is 1. The Hall–Kier alpha value is -6.64. The first kappa shape index (κ1) is 48.8. The fraction of sp³-hybridized carbons (Fsp3) is 0.365. The number of carbonyl (C=O) groups is 4. The van der Waals surface area contributed by atoms with Gasteiger partial charge in [0.25, 0.3) is 5.91 Å². The van der Waals surface area contributed by atoms with Crippen molar-refractivity contribution in [2.45, 2.75) is 89.6 Å². The third kappa shape index (κ3) is 10.7. The monoisotopic (exact) mass is 971 g/mol. The van der Waals surface area contributed by atoms with Crippen LogP contribution in [-0.4, -0.2) is 93.8 Å². The summed E-state index contributed by atoms with van der Waals surface area (Å²) in [5.74, 6) is -0.0355. The van der Waals surface area contributed by atoms with Crippen molar-refractivity contribution in [3.05, 3.63) is 126 Å². The van der Waals surface area contributed by atoms with Crippen LogP contribution in [0.4, 0.5) is 17.1 Å². The number of likely N-dealkylation sites (tertiary alicyclic amines) is 1. The topological polar surface area (TPSA) is 171 Å². The van der Waals surface area contributed by atoms with E-state index in [4.69, 9.17) is 44.3 Å². The Morgan fingerprint density at radius 1 is 0.971 bits per heavy atom. The number of ether oxygens (including phenoxy) is 2. The summed E-state index contributed by atoms with van der Waals surface area (Å²) in [5, 5.41) is 16.9. The Morgan fingerprint density at radius 3 is 2.26 bits per heavy atom. The van der Waals surface area contributed by atoms with Crippen LogP contribution in [0.25, 0.3) is 27.3 Å². The summed E-state index contributed by atoms with van der Waals surface area (Å²) in [5.41, 5.74) is 3.92. The maximum Gasteiger partial charge on any atom is 0.259 e. The van der Waals surface area contributed by atoms with Crippen LogP contribution in [0.15, 0.2) is 108 Å². The number of hydrogen-bond donors (Lipinski definition) is 3. The molecule has 4 amide bonds. The van der Waals surface area contributed by atoms with Gasteiger partial charge in [-0.05, 0) is 103 Å². The van der Waals surface area contributed by atoms with Crippen LogP contribution >= 0.6 is 23.8 Å². The lowest BCUT2D eigenvalue weighted by Gasteiger charge is -2.43. The first-order chi connectivity index (χ1) is 33.2. The lowest BCUT2D eigenvalue weighted by molar-refractivity contribution is -0.144. The molecular formula is C52H54ClN7O8S. The lowest BCUT2D eigenvalue weighted by atomic mass is 9.75. The molecule has 0 unspecified atom stereocenters. The zero-order valence-corrected chi connectivity index (χ0v) is 40.2. The van der Waals surface area contributed by atoms with Gasteiger partial charge in [0.1, 0.15) is 30.0 Å². The maximum atomic E-state index is 14.0. The summed E-state index contributed by atoms with van der Waals surface area (Å²) in [6.45, 7) is 13.5. The van der Waals surface area contributed by atoms with Gasteiger partial charge in [0.2, 0.25) is 23.4 Å². The molecule has 4 aromatic carbocycles. The second-order valence-corrected chi connectivity index (χ2v) is 19.4. The van der Waals surface area contributed by atoms with E-state index in [1.54, 1.807) is 24.4 Å². The minimum atomic E-state index is -0.966. The average molecular weight is 973 g/mol. The molecule has 2 saturated heterocycles. The van der Waals surface area contributed by atoms with Crippen LogP contribution in [0.5, 0.6) is 5.75 Å². The number of rotatable bonds is 17. The fourth-order valence-corrected chi connectivity index (χ4v) is 9.60. The van der Waals surface area contributed by atoms with Crippen molar-refractivity contribution >= 4 is 69.6 Å². The van der Waals surface area contributed by atoms with Gasteiger partial charge >= 0.3 is 0 Å². The Morgan fingerprint density at radius 2 is 1.64 bits per heavy atom. The van der Waals surface area contributed by atoms with E-state index in [-0.39, 0.29) is 43.0 Å². The molecule has 1 saturated carbocycles. The third-order valence-electron chi connectivity index (χ3n) is 12.8.